The molecule has 0 amide bonds. The van der Waals surface area contributed by atoms with Gasteiger partial charge in [0, 0.05) is 5.56 Å². The molecule has 0 spiro atoms. The Morgan fingerprint density at radius 3 is 2.60 bits per heavy atom. The minimum Gasteiger partial charge on any atom is -0.493 e. The lowest BCUT2D eigenvalue weighted by Gasteiger charge is -2.18. The Hall–Kier alpha value is -2.28. The first-order valence-corrected chi connectivity index (χ1v) is 8.99. The molecule has 0 atom stereocenters. The van der Waals surface area contributed by atoms with E-state index in [1.165, 1.54) is 12.8 Å². The highest BCUT2D eigenvalue weighted by atomic mass is 127. The van der Waals surface area contributed by atoms with Gasteiger partial charge in [-0.3, -0.25) is 0 Å². The molecule has 7 nitrogen and oxygen atoms in total. The van der Waals surface area contributed by atoms with E-state index < -0.39 is 0 Å². The lowest BCUT2D eigenvalue weighted by molar-refractivity contribution is 0.199. The number of nitrogen functional groups attached to an aromatic ring is 2. The molecule has 0 saturated heterocycles. The Balaban J connectivity index is 2.07. The standard InChI is InChI=1S/C17H18IN5O2/c1-24-13-7-9(14-11(8-19)16(20)23-17(21)22-14)6-12(18)15(13)25-10-4-2-3-5-10/h6-7,10H,2-5H2,1H3,(H4,20,21,22,23). The molecule has 1 aromatic carbocycles. The molecule has 0 aliphatic heterocycles. The van der Waals surface area contributed by atoms with Crippen molar-refractivity contribution in [2.45, 2.75) is 31.8 Å². The smallest absolute Gasteiger partial charge is 0.222 e. The normalized spacial score (nSPS) is 14.3. The second-order valence-electron chi connectivity index (χ2n) is 5.82. The summed E-state index contributed by atoms with van der Waals surface area (Å²) in [5, 5.41) is 9.38. The van der Waals surface area contributed by atoms with E-state index in [2.05, 4.69) is 32.6 Å². The highest BCUT2D eigenvalue weighted by molar-refractivity contribution is 14.1. The van der Waals surface area contributed by atoms with Crippen molar-refractivity contribution in [3.05, 3.63) is 21.3 Å². The zero-order chi connectivity index (χ0) is 18.0. The van der Waals surface area contributed by atoms with Crippen molar-refractivity contribution in [1.82, 2.24) is 9.97 Å². The summed E-state index contributed by atoms with van der Waals surface area (Å²) < 4.78 is 12.5. The van der Waals surface area contributed by atoms with Crippen LogP contribution in [-0.2, 0) is 0 Å². The maximum absolute atomic E-state index is 9.38. The van der Waals surface area contributed by atoms with Gasteiger partial charge in [0.05, 0.1) is 22.5 Å². The predicted octanol–water partition coefficient (Wildman–Crippen LogP) is 3.11. The summed E-state index contributed by atoms with van der Waals surface area (Å²) in [4.78, 5) is 8.03. The molecule has 2 aromatic rings. The second kappa shape index (κ2) is 7.31. The van der Waals surface area contributed by atoms with Crippen LogP contribution in [0.4, 0.5) is 11.8 Å². The van der Waals surface area contributed by atoms with Gasteiger partial charge in [0.25, 0.3) is 0 Å². The highest BCUT2D eigenvalue weighted by Crippen LogP contribution is 2.40. The average Bonchev–Trinajstić information content (AvgIpc) is 3.09. The Morgan fingerprint density at radius 1 is 1.24 bits per heavy atom. The predicted molar refractivity (Wildman–Crippen MR) is 103 cm³/mol. The van der Waals surface area contributed by atoms with Gasteiger partial charge in [0.15, 0.2) is 11.5 Å². The van der Waals surface area contributed by atoms with Gasteiger partial charge in [0.2, 0.25) is 5.95 Å². The van der Waals surface area contributed by atoms with Crippen molar-refractivity contribution < 1.29 is 9.47 Å². The van der Waals surface area contributed by atoms with Gasteiger partial charge in [0.1, 0.15) is 17.5 Å². The van der Waals surface area contributed by atoms with Crippen LogP contribution >= 0.6 is 22.6 Å². The van der Waals surface area contributed by atoms with Crippen molar-refractivity contribution in [2.75, 3.05) is 18.6 Å². The fraction of sp³-hybridized carbons (Fsp3) is 0.353. The van der Waals surface area contributed by atoms with Gasteiger partial charge in [-0.05, 0) is 60.4 Å². The van der Waals surface area contributed by atoms with E-state index in [0.717, 1.165) is 16.4 Å². The van der Waals surface area contributed by atoms with Gasteiger partial charge in [-0.1, -0.05) is 0 Å². The maximum atomic E-state index is 9.38. The SMILES string of the molecule is COc1cc(-c2nc(N)nc(N)c2C#N)cc(I)c1OC1CCCC1. The van der Waals surface area contributed by atoms with Crippen LogP contribution in [-0.4, -0.2) is 23.2 Å². The third kappa shape index (κ3) is 3.56. The molecule has 4 N–H and O–H groups in total. The number of rotatable bonds is 4. The summed E-state index contributed by atoms with van der Waals surface area (Å²) in [6, 6.07) is 5.71. The minimum absolute atomic E-state index is 0.0201. The summed E-state index contributed by atoms with van der Waals surface area (Å²) >= 11 is 2.20. The van der Waals surface area contributed by atoms with Crippen LogP contribution in [0, 0.1) is 14.9 Å². The lowest BCUT2D eigenvalue weighted by atomic mass is 10.1. The molecule has 8 heteroatoms. The number of aromatic nitrogens is 2. The number of ether oxygens (including phenoxy) is 2. The van der Waals surface area contributed by atoms with E-state index in [-0.39, 0.29) is 23.4 Å². The zero-order valence-corrected chi connectivity index (χ0v) is 15.9. The molecular weight excluding hydrogens is 433 g/mol. The Bertz CT molecular complexity index is 844. The first-order valence-electron chi connectivity index (χ1n) is 7.91. The number of nitrogens with two attached hydrogens (primary N) is 2. The summed E-state index contributed by atoms with van der Waals surface area (Å²) in [6.07, 6.45) is 4.70. The third-order valence-corrected chi connectivity index (χ3v) is 4.96. The van der Waals surface area contributed by atoms with Gasteiger partial charge in [-0.25, -0.2) is 4.98 Å². The molecule has 1 heterocycles. The molecule has 1 fully saturated rings. The molecule has 3 rings (SSSR count). The van der Waals surface area contributed by atoms with Gasteiger partial charge in [-0.2, -0.15) is 10.2 Å². The van der Waals surface area contributed by atoms with E-state index in [9.17, 15) is 5.26 Å². The summed E-state index contributed by atoms with van der Waals surface area (Å²) in [5.74, 6) is 1.39. The van der Waals surface area contributed by atoms with E-state index in [1.54, 1.807) is 13.2 Å². The Kier molecular flexibility index (Phi) is 5.13. The molecule has 1 aliphatic rings. The highest BCUT2D eigenvalue weighted by Gasteiger charge is 2.22. The lowest BCUT2D eigenvalue weighted by Crippen LogP contribution is -2.12. The molecular formula is C17H18IN5O2. The van der Waals surface area contributed by atoms with E-state index >= 15 is 0 Å². The topological polar surface area (TPSA) is 120 Å². The van der Waals surface area contributed by atoms with E-state index in [1.807, 2.05) is 12.1 Å². The van der Waals surface area contributed by atoms with E-state index in [4.69, 9.17) is 20.9 Å². The summed E-state index contributed by atoms with van der Waals surface area (Å²) in [7, 11) is 1.59. The average molecular weight is 451 g/mol. The number of hydrogen-bond acceptors (Lipinski definition) is 7. The first-order chi connectivity index (χ1) is 12.0. The molecule has 1 aliphatic carbocycles. The number of anilines is 2. The van der Waals surface area contributed by atoms with Crippen LogP contribution in [0.25, 0.3) is 11.3 Å². The molecule has 25 heavy (non-hydrogen) atoms. The minimum atomic E-state index is 0.0201. The van der Waals surface area contributed by atoms with Crippen molar-refractivity contribution in [1.29, 1.82) is 5.26 Å². The van der Waals surface area contributed by atoms with Crippen LogP contribution < -0.4 is 20.9 Å². The molecule has 0 radical (unpaired) electrons. The maximum Gasteiger partial charge on any atom is 0.222 e. The fourth-order valence-electron chi connectivity index (χ4n) is 2.96. The van der Waals surface area contributed by atoms with Gasteiger partial charge >= 0.3 is 0 Å². The molecule has 0 bridgehead atoms. The van der Waals surface area contributed by atoms with Crippen molar-refractivity contribution in [3.63, 3.8) is 0 Å². The number of benzene rings is 1. The number of halogens is 1. The second-order valence-corrected chi connectivity index (χ2v) is 6.98. The molecule has 130 valence electrons. The van der Waals surface area contributed by atoms with Gasteiger partial charge < -0.3 is 20.9 Å². The number of nitrogens with zero attached hydrogens (tertiary/aromatic N) is 3. The Labute approximate surface area is 159 Å². The fourth-order valence-corrected chi connectivity index (χ4v) is 3.69. The molecule has 0 unspecified atom stereocenters. The number of methoxy groups -OCH3 is 1. The number of hydrogen-bond donors (Lipinski definition) is 2. The van der Waals surface area contributed by atoms with E-state index in [0.29, 0.717) is 22.8 Å². The van der Waals surface area contributed by atoms with Crippen LogP contribution in [0.1, 0.15) is 31.2 Å². The largest absolute Gasteiger partial charge is 0.493 e. The molecule has 1 saturated carbocycles. The Morgan fingerprint density at radius 2 is 1.96 bits per heavy atom. The number of nitriles is 1. The monoisotopic (exact) mass is 451 g/mol. The van der Waals surface area contributed by atoms with Crippen LogP contribution in [0.15, 0.2) is 12.1 Å². The first kappa shape index (κ1) is 17.5. The summed E-state index contributed by atoms with van der Waals surface area (Å²) in [6.45, 7) is 0. The van der Waals surface area contributed by atoms with Crippen LogP contribution in [0.2, 0.25) is 0 Å². The van der Waals surface area contributed by atoms with Crippen molar-refractivity contribution in [2.24, 2.45) is 0 Å². The third-order valence-electron chi connectivity index (χ3n) is 4.16. The zero-order valence-electron chi connectivity index (χ0n) is 13.8. The van der Waals surface area contributed by atoms with Gasteiger partial charge in [-0.15, -0.1) is 0 Å². The molecule has 1 aromatic heterocycles. The van der Waals surface area contributed by atoms with Crippen LogP contribution in [0.5, 0.6) is 11.5 Å². The summed E-state index contributed by atoms with van der Waals surface area (Å²) in [5.41, 5.74) is 12.8. The quantitative estimate of drug-likeness (QED) is 0.686. The van der Waals surface area contributed by atoms with Crippen molar-refractivity contribution >= 4 is 34.4 Å². The van der Waals surface area contributed by atoms with Crippen LogP contribution in [0.3, 0.4) is 0 Å². The van der Waals surface area contributed by atoms with Crippen molar-refractivity contribution in [3.8, 4) is 28.8 Å².